The first-order valence-electron chi connectivity index (χ1n) is 4.36. The largest absolute Gasteiger partial charge is 0.352 e. The molecular formula is C9H14BrN3. The Balaban J connectivity index is 2.41. The summed E-state index contributed by atoms with van der Waals surface area (Å²) in [4.78, 5) is 8.69. The van der Waals surface area contributed by atoms with Crippen molar-refractivity contribution in [3.8, 4) is 0 Å². The molecule has 0 saturated heterocycles. The fourth-order valence-corrected chi connectivity index (χ4v) is 1.70. The van der Waals surface area contributed by atoms with Gasteiger partial charge in [-0.15, -0.1) is 0 Å². The van der Waals surface area contributed by atoms with Crippen molar-refractivity contribution in [1.29, 1.82) is 0 Å². The van der Waals surface area contributed by atoms with E-state index in [1.54, 1.807) is 12.4 Å². The molecule has 72 valence electrons. The summed E-state index contributed by atoms with van der Waals surface area (Å²) in [6.45, 7) is 4.25. The number of nitrogens with one attached hydrogen (secondary N) is 1. The molecule has 0 fully saturated rings. The maximum Gasteiger partial charge on any atom is 0.222 e. The molecule has 0 bridgehead atoms. The minimum Gasteiger partial charge on any atom is -0.352 e. The van der Waals surface area contributed by atoms with Crippen LogP contribution in [0.2, 0.25) is 0 Å². The van der Waals surface area contributed by atoms with Crippen LogP contribution >= 0.6 is 15.9 Å². The van der Waals surface area contributed by atoms with E-state index in [2.05, 4.69) is 45.1 Å². The van der Waals surface area contributed by atoms with Gasteiger partial charge in [-0.2, -0.15) is 0 Å². The van der Waals surface area contributed by atoms with Gasteiger partial charge in [-0.3, -0.25) is 0 Å². The summed E-state index contributed by atoms with van der Waals surface area (Å²) >= 11 is 3.51. The molecule has 0 aliphatic rings. The van der Waals surface area contributed by atoms with E-state index < -0.39 is 0 Å². The lowest BCUT2D eigenvalue weighted by atomic mass is 10.2. The van der Waals surface area contributed by atoms with E-state index in [0.29, 0.717) is 16.8 Å². The highest BCUT2D eigenvalue weighted by atomic mass is 79.9. The zero-order valence-corrected chi connectivity index (χ0v) is 9.45. The second-order valence-electron chi connectivity index (χ2n) is 3.13. The molecule has 3 nitrogen and oxygen atoms in total. The lowest BCUT2D eigenvalue weighted by molar-refractivity contribution is 0.701. The zero-order chi connectivity index (χ0) is 9.68. The van der Waals surface area contributed by atoms with Gasteiger partial charge in [0.2, 0.25) is 5.95 Å². The van der Waals surface area contributed by atoms with E-state index in [-0.39, 0.29) is 0 Å². The monoisotopic (exact) mass is 243 g/mol. The number of rotatable bonds is 4. The van der Waals surface area contributed by atoms with Crippen LogP contribution in [0, 0.1) is 0 Å². The Morgan fingerprint density at radius 2 is 2.00 bits per heavy atom. The highest BCUT2D eigenvalue weighted by Gasteiger charge is 2.06. The van der Waals surface area contributed by atoms with Crippen LogP contribution in [-0.2, 0) is 0 Å². The topological polar surface area (TPSA) is 37.8 Å². The van der Waals surface area contributed by atoms with E-state index in [4.69, 9.17) is 0 Å². The standard InChI is InChI=1S/C9H14BrN3/c1-7(10)6-8(2)13-9-11-4-3-5-12-9/h3-5,7-8H,6H2,1-2H3,(H,11,12,13). The molecule has 1 aromatic heterocycles. The van der Waals surface area contributed by atoms with E-state index >= 15 is 0 Å². The zero-order valence-electron chi connectivity index (χ0n) is 7.87. The van der Waals surface area contributed by atoms with Gasteiger partial charge >= 0.3 is 0 Å². The van der Waals surface area contributed by atoms with Gasteiger partial charge in [0, 0.05) is 23.3 Å². The quantitative estimate of drug-likeness (QED) is 0.826. The van der Waals surface area contributed by atoms with Gasteiger partial charge in [0.05, 0.1) is 0 Å². The summed E-state index contributed by atoms with van der Waals surface area (Å²) in [5.74, 6) is 0.697. The summed E-state index contributed by atoms with van der Waals surface area (Å²) in [7, 11) is 0. The van der Waals surface area contributed by atoms with E-state index in [9.17, 15) is 0 Å². The first kappa shape index (κ1) is 10.4. The Labute approximate surface area is 87.1 Å². The summed E-state index contributed by atoms with van der Waals surface area (Å²) in [5, 5.41) is 3.22. The van der Waals surface area contributed by atoms with Crippen molar-refractivity contribution < 1.29 is 0 Å². The molecule has 2 unspecified atom stereocenters. The number of halogens is 1. The molecule has 0 aliphatic heterocycles. The normalized spacial score (nSPS) is 15.0. The molecule has 1 N–H and O–H groups in total. The summed E-state index contributed by atoms with van der Waals surface area (Å²) in [6, 6.07) is 2.19. The first-order chi connectivity index (χ1) is 6.18. The Kier molecular flexibility index (Phi) is 4.15. The van der Waals surface area contributed by atoms with Crippen LogP contribution in [0.3, 0.4) is 0 Å². The van der Waals surface area contributed by atoms with Crippen molar-refractivity contribution in [3.63, 3.8) is 0 Å². The number of anilines is 1. The molecule has 0 saturated carbocycles. The van der Waals surface area contributed by atoms with Gasteiger partial charge in [0.1, 0.15) is 0 Å². The third-order valence-electron chi connectivity index (χ3n) is 1.62. The third kappa shape index (κ3) is 4.22. The van der Waals surface area contributed by atoms with Crippen molar-refractivity contribution in [3.05, 3.63) is 18.5 Å². The molecule has 1 aromatic rings. The molecule has 0 amide bonds. The van der Waals surface area contributed by atoms with Crippen LogP contribution < -0.4 is 5.32 Å². The van der Waals surface area contributed by atoms with Crippen molar-refractivity contribution >= 4 is 21.9 Å². The van der Waals surface area contributed by atoms with Gasteiger partial charge in [0.25, 0.3) is 0 Å². The number of hydrogen-bond donors (Lipinski definition) is 1. The summed E-state index contributed by atoms with van der Waals surface area (Å²) < 4.78 is 0. The molecule has 2 atom stereocenters. The Morgan fingerprint density at radius 1 is 1.38 bits per heavy atom. The molecule has 0 aromatic carbocycles. The molecule has 0 radical (unpaired) electrons. The lowest BCUT2D eigenvalue weighted by Gasteiger charge is -2.14. The van der Waals surface area contributed by atoms with E-state index in [0.717, 1.165) is 6.42 Å². The lowest BCUT2D eigenvalue weighted by Crippen LogP contribution is -2.19. The second-order valence-corrected chi connectivity index (χ2v) is 4.70. The molecule has 1 heterocycles. The van der Waals surface area contributed by atoms with Crippen molar-refractivity contribution in [2.75, 3.05) is 5.32 Å². The van der Waals surface area contributed by atoms with E-state index in [1.807, 2.05) is 6.07 Å². The molecule has 4 heteroatoms. The predicted molar refractivity (Wildman–Crippen MR) is 58.1 cm³/mol. The van der Waals surface area contributed by atoms with Gasteiger partial charge < -0.3 is 5.32 Å². The second kappa shape index (κ2) is 5.17. The minimum absolute atomic E-state index is 0.386. The minimum atomic E-state index is 0.386. The van der Waals surface area contributed by atoms with Crippen LogP contribution in [0.5, 0.6) is 0 Å². The van der Waals surface area contributed by atoms with Crippen LogP contribution in [-0.4, -0.2) is 20.8 Å². The number of aromatic nitrogens is 2. The number of nitrogens with zero attached hydrogens (tertiary/aromatic N) is 2. The Bertz CT molecular complexity index is 238. The third-order valence-corrected chi connectivity index (χ3v) is 1.99. The number of alkyl halides is 1. The summed E-state index contributed by atoms with van der Waals surface area (Å²) in [6.07, 6.45) is 4.53. The Morgan fingerprint density at radius 3 is 2.54 bits per heavy atom. The fraction of sp³-hybridized carbons (Fsp3) is 0.556. The fourth-order valence-electron chi connectivity index (χ4n) is 1.14. The number of hydrogen-bond acceptors (Lipinski definition) is 3. The highest BCUT2D eigenvalue weighted by Crippen LogP contribution is 2.09. The molecule has 1 rings (SSSR count). The average Bonchev–Trinajstić information content (AvgIpc) is 2.04. The molecular weight excluding hydrogens is 230 g/mol. The van der Waals surface area contributed by atoms with Crippen molar-refractivity contribution in [2.45, 2.75) is 31.1 Å². The van der Waals surface area contributed by atoms with Gasteiger partial charge in [-0.1, -0.05) is 22.9 Å². The van der Waals surface area contributed by atoms with E-state index in [1.165, 1.54) is 0 Å². The maximum absolute atomic E-state index is 4.09. The Hall–Kier alpha value is -0.640. The maximum atomic E-state index is 4.09. The predicted octanol–water partition coefficient (Wildman–Crippen LogP) is 2.45. The molecule has 13 heavy (non-hydrogen) atoms. The van der Waals surface area contributed by atoms with Crippen LogP contribution in [0.4, 0.5) is 5.95 Å². The van der Waals surface area contributed by atoms with Crippen LogP contribution in [0.25, 0.3) is 0 Å². The summed E-state index contributed by atoms with van der Waals surface area (Å²) in [5.41, 5.74) is 0. The van der Waals surface area contributed by atoms with Gasteiger partial charge in [-0.25, -0.2) is 9.97 Å². The van der Waals surface area contributed by atoms with Gasteiger partial charge in [0.15, 0.2) is 0 Å². The van der Waals surface area contributed by atoms with Crippen molar-refractivity contribution in [1.82, 2.24) is 9.97 Å². The van der Waals surface area contributed by atoms with Crippen molar-refractivity contribution in [2.24, 2.45) is 0 Å². The SMILES string of the molecule is CC(Br)CC(C)Nc1ncccn1. The van der Waals surface area contributed by atoms with Crippen LogP contribution in [0.15, 0.2) is 18.5 Å². The molecule has 0 spiro atoms. The molecule has 0 aliphatic carbocycles. The first-order valence-corrected chi connectivity index (χ1v) is 5.27. The van der Waals surface area contributed by atoms with Crippen LogP contribution in [0.1, 0.15) is 20.3 Å². The average molecular weight is 244 g/mol. The van der Waals surface area contributed by atoms with Gasteiger partial charge in [-0.05, 0) is 19.4 Å². The highest BCUT2D eigenvalue weighted by molar-refractivity contribution is 9.09. The smallest absolute Gasteiger partial charge is 0.222 e.